The lowest BCUT2D eigenvalue weighted by molar-refractivity contribution is -0.157. The molecule has 4 nitrogen and oxygen atoms in total. The fourth-order valence-corrected chi connectivity index (χ4v) is 3.30. The number of thiophene rings is 1. The summed E-state index contributed by atoms with van der Waals surface area (Å²) >= 11 is 1.54. The van der Waals surface area contributed by atoms with Gasteiger partial charge in [0.2, 0.25) is 0 Å². The molecule has 1 aromatic heterocycles. The second-order valence-corrected chi connectivity index (χ2v) is 5.59. The maximum absolute atomic E-state index is 12.0. The summed E-state index contributed by atoms with van der Waals surface area (Å²) in [6.07, 6.45) is 3.19. The molecule has 0 bridgehead atoms. The Morgan fingerprint density at radius 3 is 2.89 bits per heavy atom. The van der Waals surface area contributed by atoms with Crippen molar-refractivity contribution in [3.8, 4) is 0 Å². The van der Waals surface area contributed by atoms with Gasteiger partial charge in [-0.3, -0.25) is 4.79 Å². The first-order valence-electron chi connectivity index (χ1n) is 6.39. The molecular formula is C13H17NO3S. The molecule has 18 heavy (non-hydrogen) atoms. The molecule has 1 aromatic rings. The summed E-state index contributed by atoms with van der Waals surface area (Å²) < 4.78 is 11.4. The summed E-state index contributed by atoms with van der Waals surface area (Å²) in [7, 11) is 0. The summed E-state index contributed by atoms with van der Waals surface area (Å²) in [5.41, 5.74) is 0.753. The predicted octanol–water partition coefficient (Wildman–Crippen LogP) is 1.81. The van der Waals surface area contributed by atoms with Gasteiger partial charge in [0, 0.05) is 17.0 Å². The summed E-state index contributed by atoms with van der Waals surface area (Å²) in [5, 5.41) is 6.88. The highest BCUT2D eigenvalue weighted by Gasteiger charge is 2.34. The van der Waals surface area contributed by atoms with Crippen LogP contribution >= 0.6 is 11.3 Å². The highest BCUT2D eigenvalue weighted by atomic mass is 32.1. The molecule has 0 aromatic carbocycles. The van der Waals surface area contributed by atoms with Crippen LogP contribution in [-0.4, -0.2) is 37.4 Å². The number of amides is 1. The summed E-state index contributed by atoms with van der Waals surface area (Å²) in [5.74, 6) is 0.0245. The van der Waals surface area contributed by atoms with Crippen LogP contribution in [0.15, 0.2) is 16.8 Å². The van der Waals surface area contributed by atoms with Gasteiger partial charge >= 0.3 is 0 Å². The predicted molar refractivity (Wildman–Crippen MR) is 68.9 cm³/mol. The van der Waals surface area contributed by atoms with E-state index >= 15 is 0 Å². The Hall–Kier alpha value is -0.910. The van der Waals surface area contributed by atoms with Crippen LogP contribution < -0.4 is 5.32 Å². The van der Waals surface area contributed by atoms with Crippen molar-refractivity contribution >= 4 is 17.2 Å². The van der Waals surface area contributed by atoms with Crippen LogP contribution in [0.4, 0.5) is 0 Å². The van der Waals surface area contributed by atoms with Crippen LogP contribution in [0.1, 0.15) is 29.6 Å². The zero-order chi connectivity index (χ0) is 12.4. The van der Waals surface area contributed by atoms with E-state index in [4.69, 9.17) is 9.47 Å². The number of carbonyl (C=O) groups is 1. The van der Waals surface area contributed by atoms with Gasteiger partial charge in [-0.2, -0.15) is 11.3 Å². The first-order chi connectivity index (χ1) is 8.83. The van der Waals surface area contributed by atoms with E-state index in [9.17, 15) is 4.79 Å². The topological polar surface area (TPSA) is 47.6 Å². The first-order valence-corrected chi connectivity index (χ1v) is 7.33. The first kappa shape index (κ1) is 12.1. The number of hydrogen-bond donors (Lipinski definition) is 1. The Bertz CT molecular complexity index is 406. The molecule has 1 saturated heterocycles. The molecule has 2 heterocycles. The van der Waals surface area contributed by atoms with Gasteiger partial charge in [-0.15, -0.1) is 0 Å². The van der Waals surface area contributed by atoms with E-state index in [1.165, 1.54) is 0 Å². The molecule has 3 atom stereocenters. The van der Waals surface area contributed by atoms with Crippen LogP contribution in [0, 0.1) is 0 Å². The lowest BCUT2D eigenvalue weighted by Gasteiger charge is -2.39. The second kappa shape index (κ2) is 5.38. The van der Waals surface area contributed by atoms with E-state index in [-0.39, 0.29) is 24.2 Å². The average molecular weight is 267 g/mol. The van der Waals surface area contributed by atoms with Gasteiger partial charge in [0.15, 0.2) is 0 Å². The number of carbonyl (C=O) groups excluding carboxylic acids is 1. The monoisotopic (exact) mass is 267 g/mol. The highest BCUT2D eigenvalue weighted by Crippen LogP contribution is 2.27. The smallest absolute Gasteiger partial charge is 0.252 e. The van der Waals surface area contributed by atoms with Crippen LogP contribution in [0.5, 0.6) is 0 Å². The van der Waals surface area contributed by atoms with Gasteiger partial charge in [-0.1, -0.05) is 0 Å². The van der Waals surface area contributed by atoms with Crippen molar-refractivity contribution in [2.24, 2.45) is 0 Å². The fraction of sp³-hybridized carbons (Fsp3) is 0.615. The molecular weight excluding hydrogens is 250 g/mol. The molecule has 3 rings (SSSR count). The molecule has 98 valence electrons. The molecule has 1 saturated carbocycles. The lowest BCUT2D eigenvalue weighted by atomic mass is 9.89. The average Bonchev–Trinajstić information content (AvgIpc) is 2.92. The lowest BCUT2D eigenvalue weighted by Crippen LogP contribution is -2.49. The number of nitrogens with one attached hydrogen (secondary N) is 1. The molecule has 3 unspecified atom stereocenters. The maximum atomic E-state index is 12.0. The van der Waals surface area contributed by atoms with Crippen LogP contribution in [0.2, 0.25) is 0 Å². The number of hydrogen-bond acceptors (Lipinski definition) is 4. The quantitative estimate of drug-likeness (QED) is 0.889. The number of ether oxygens (including phenoxy) is 2. The van der Waals surface area contributed by atoms with Crippen LogP contribution in [0.25, 0.3) is 0 Å². The third-order valence-electron chi connectivity index (χ3n) is 3.60. The van der Waals surface area contributed by atoms with Gasteiger partial charge in [-0.25, -0.2) is 0 Å². The van der Waals surface area contributed by atoms with Crippen LogP contribution in [-0.2, 0) is 9.47 Å². The Labute approximate surface area is 110 Å². The zero-order valence-electron chi connectivity index (χ0n) is 10.1. The molecule has 1 amide bonds. The summed E-state index contributed by atoms with van der Waals surface area (Å²) in [6.45, 7) is 1.37. The second-order valence-electron chi connectivity index (χ2n) is 4.81. The largest absolute Gasteiger partial charge is 0.373 e. The fourth-order valence-electron chi connectivity index (χ4n) is 2.66. The Balaban J connectivity index is 1.56. The van der Waals surface area contributed by atoms with Crippen molar-refractivity contribution in [3.05, 3.63) is 22.4 Å². The molecule has 0 spiro atoms. The molecule has 5 heteroatoms. The van der Waals surface area contributed by atoms with E-state index in [2.05, 4.69) is 5.32 Å². The standard InChI is InChI=1S/C13H17NO3S/c15-13(9-3-6-18-8-9)14-10-1-2-11-12(7-10)17-5-4-16-11/h3,6,8,10-12H,1-2,4-5,7H2,(H,14,15). The van der Waals surface area contributed by atoms with Gasteiger partial charge in [-0.05, 0) is 30.7 Å². The molecule has 1 aliphatic heterocycles. The minimum Gasteiger partial charge on any atom is -0.373 e. The number of rotatable bonds is 2. The molecule has 2 aliphatic rings. The third-order valence-corrected chi connectivity index (χ3v) is 4.28. The van der Waals surface area contributed by atoms with Gasteiger partial charge < -0.3 is 14.8 Å². The number of fused-ring (bicyclic) bond motifs is 1. The van der Waals surface area contributed by atoms with Crippen LogP contribution in [0.3, 0.4) is 0 Å². The van der Waals surface area contributed by atoms with Crippen molar-refractivity contribution in [1.82, 2.24) is 5.32 Å². The normalized spacial score (nSPS) is 31.7. The summed E-state index contributed by atoms with van der Waals surface area (Å²) in [6, 6.07) is 2.06. The zero-order valence-corrected chi connectivity index (χ0v) is 10.9. The van der Waals surface area contributed by atoms with E-state index in [1.54, 1.807) is 11.3 Å². The Morgan fingerprint density at radius 2 is 2.11 bits per heavy atom. The minimum absolute atomic E-state index is 0.0245. The molecule has 2 fully saturated rings. The minimum atomic E-state index is 0.0245. The molecule has 1 aliphatic carbocycles. The van der Waals surface area contributed by atoms with Crippen molar-refractivity contribution in [1.29, 1.82) is 0 Å². The summed E-state index contributed by atoms with van der Waals surface area (Å²) in [4.78, 5) is 12.0. The SMILES string of the molecule is O=C(NC1CCC2OCCOC2C1)c1ccsc1. The van der Waals surface area contributed by atoms with Crippen molar-refractivity contribution in [3.63, 3.8) is 0 Å². The maximum Gasteiger partial charge on any atom is 0.252 e. The Morgan fingerprint density at radius 1 is 1.28 bits per heavy atom. The van der Waals surface area contributed by atoms with Crippen molar-refractivity contribution in [2.45, 2.75) is 37.5 Å². The molecule has 0 radical (unpaired) electrons. The van der Waals surface area contributed by atoms with Crippen molar-refractivity contribution in [2.75, 3.05) is 13.2 Å². The van der Waals surface area contributed by atoms with Gasteiger partial charge in [0.05, 0.1) is 25.4 Å². The Kier molecular flexibility index (Phi) is 3.63. The van der Waals surface area contributed by atoms with E-state index < -0.39 is 0 Å². The van der Waals surface area contributed by atoms with Gasteiger partial charge in [0.25, 0.3) is 5.91 Å². The van der Waals surface area contributed by atoms with E-state index in [1.807, 2.05) is 16.8 Å². The van der Waals surface area contributed by atoms with Crippen molar-refractivity contribution < 1.29 is 14.3 Å². The third kappa shape index (κ3) is 2.58. The highest BCUT2D eigenvalue weighted by molar-refractivity contribution is 7.08. The van der Waals surface area contributed by atoms with E-state index in [0.717, 1.165) is 24.8 Å². The van der Waals surface area contributed by atoms with E-state index in [0.29, 0.717) is 13.2 Å². The molecule has 1 N–H and O–H groups in total. The van der Waals surface area contributed by atoms with Gasteiger partial charge in [0.1, 0.15) is 0 Å².